The summed E-state index contributed by atoms with van der Waals surface area (Å²) in [6, 6.07) is 10.9. The van der Waals surface area contributed by atoms with E-state index in [4.69, 9.17) is 11.6 Å². The summed E-state index contributed by atoms with van der Waals surface area (Å²) in [7, 11) is 0. The van der Waals surface area contributed by atoms with Crippen LogP contribution in [0, 0.1) is 5.82 Å². The Kier molecular flexibility index (Phi) is 6.36. The maximum absolute atomic E-state index is 13.8. The van der Waals surface area contributed by atoms with E-state index in [-0.39, 0.29) is 17.2 Å². The second-order valence-corrected chi connectivity index (χ2v) is 7.99. The van der Waals surface area contributed by atoms with E-state index in [1.54, 1.807) is 41.8 Å². The summed E-state index contributed by atoms with van der Waals surface area (Å²) < 4.78 is 15.3. The van der Waals surface area contributed by atoms with Crippen LogP contribution in [0.3, 0.4) is 0 Å². The van der Waals surface area contributed by atoms with Crippen molar-refractivity contribution in [3.05, 3.63) is 63.7 Å². The second kappa shape index (κ2) is 8.75. The van der Waals surface area contributed by atoms with Crippen LogP contribution >= 0.6 is 23.4 Å². The van der Waals surface area contributed by atoms with Gasteiger partial charge in [0.05, 0.1) is 21.8 Å². The fourth-order valence-electron chi connectivity index (χ4n) is 2.69. The molecule has 2 aromatic carbocycles. The Bertz CT molecular complexity index is 1090. The quantitative estimate of drug-likeness (QED) is 0.464. The number of para-hydroxylation sites is 1. The number of nitrogens with one attached hydrogen (secondary N) is 1. The molecule has 1 atom stereocenters. The Morgan fingerprint density at radius 2 is 2.07 bits per heavy atom. The lowest BCUT2D eigenvalue weighted by molar-refractivity contribution is -0.115. The minimum atomic E-state index is -0.591. The largest absolute Gasteiger partial charge is 0.323 e. The van der Waals surface area contributed by atoms with E-state index in [0.717, 1.165) is 18.2 Å². The van der Waals surface area contributed by atoms with Gasteiger partial charge < -0.3 is 5.32 Å². The predicted octanol–water partition coefficient (Wildman–Crippen LogP) is 4.72. The third-order valence-corrected chi connectivity index (χ3v) is 5.44. The summed E-state index contributed by atoms with van der Waals surface area (Å²) in [5.74, 6) is -0.881. The SMILES string of the molecule is CCCn1c(S[C@H](C)C(=O)Nc2ccccc2F)nc2cc(Cl)ccc2c1=O. The Balaban J connectivity index is 1.91. The normalized spacial score (nSPS) is 12.1. The van der Waals surface area contributed by atoms with Crippen LogP contribution in [0.5, 0.6) is 0 Å². The molecule has 1 amide bonds. The number of amides is 1. The third kappa shape index (κ3) is 4.36. The molecule has 3 rings (SSSR count). The minimum Gasteiger partial charge on any atom is -0.323 e. The Labute approximate surface area is 170 Å². The fourth-order valence-corrected chi connectivity index (χ4v) is 3.79. The van der Waals surface area contributed by atoms with Crippen molar-refractivity contribution in [1.82, 2.24) is 9.55 Å². The van der Waals surface area contributed by atoms with Crippen LogP contribution in [-0.4, -0.2) is 20.7 Å². The highest BCUT2D eigenvalue weighted by Gasteiger charge is 2.20. The number of fused-ring (bicyclic) bond motifs is 1. The highest BCUT2D eigenvalue weighted by molar-refractivity contribution is 8.00. The number of aromatic nitrogens is 2. The van der Waals surface area contributed by atoms with Crippen molar-refractivity contribution < 1.29 is 9.18 Å². The van der Waals surface area contributed by atoms with Crippen LogP contribution in [0.15, 0.2) is 52.4 Å². The molecule has 3 aromatic rings. The molecule has 146 valence electrons. The van der Waals surface area contributed by atoms with Crippen molar-refractivity contribution in [2.24, 2.45) is 0 Å². The second-order valence-electron chi connectivity index (χ2n) is 6.24. The number of carbonyl (C=O) groups excluding carboxylic acids is 1. The maximum atomic E-state index is 13.8. The van der Waals surface area contributed by atoms with Crippen LogP contribution in [-0.2, 0) is 11.3 Å². The number of hydrogen-bond acceptors (Lipinski definition) is 4. The molecular weight excluding hydrogens is 401 g/mol. The molecule has 8 heteroatoms. The standard InChI is InChI=1S/C20H19ClFN3O2S/c1-3-10-25-19(27)14-9-8-13(21)11-17(14)24-20(25)28-12(2)18(26)23-16-7-5-4-6-15(16)22/h4-9,11-12H,3,10H2,1-2H3,(H,23,26)/t12-/m1/s1. The summed E-state index contributed by atoms with van der Waals surface area (Å²) in [6.45, 7) is 4.13. The number of rotatable bonds is 6. The van der Waals surface area contributed by atoms with Crippen molar-refractivity contribution in [1.29, 1.82) is 0 Å². The number of nitrogens with zero attached hydrogens (tertiary/aromatic N) is 2. The minimum absolute atomic E-state index is 0.115. The zero-order valence-electron chi connectivity index (χ0n) is 15.4. The number of anilines is 1. The topological polar surface area (TPSA) is 64.0 Å². The molecule has 0 fully saturated rings. The van der Waals surface area contributed by atoms with E-state index in [2.05, 4.69) is 10.3 Å². The van der Waals surface area contributed by atoms with Gasteiger partial charge in [-0.3, -0.25) is 14.2 Å². The molecule has 0 bridgehead atoms. The van der Waals surface area contributed by atoms with Crippen molar-refractivity contribution in [2.45, 2.75) is 37.2 Å². The summed E-state index contributed by atoms with van der Waals surface area (Å²) in [5, 5.41) is 3.37. The first-order valence-electron chi connectivity index (χ1n) is 8.83. The third-order valence-electron chi connectivity index (χ3n) is 4.11. The molecule has 0 spiro atoms. The van der Waals surface area contributed by atoms with E-state index in [0.29, 0.717) is 27.6 Å². The smallest absolute Gasteiger partial charge is 0.262 e. The molecular formula is C20H19ClFN3O2S. The first kappa shape index (κ1) is 20.4. The number of halogens is 2. The van der Waals surface area contributed by atoms with E-state index >= 15 is 0 Å². The molecule has 0 aliphatic rings. The predicted molar refractivity (Wildman–Crippen MR) is 112 cm³/mol. The van der Waals surface area contributed by atoms with Crippen LogP contribution in [0.2, 0.25) is 5.02 Å². The Hall–Kier alpha value is -2.38. The number of thioether (sulfide) groups is 1. The van der Waals surface area contributed by atoms with Gasteiger partial charge in [0.1, 0.15) is 5.82 Å². The van der Waals surface area contributed by atoms with E-state index < -0.39 is 11.1 Å². The first-order chi connectivity index (χ1) is 13.4. The summed E-state index contributed by atoms with van der Waals surface area (Å²) in [4.78, 5) is 29.9. The number of hydrogen-bond donors (Lipinski definition) is 1. The van der Waals surface area contributed by atoms with Crippen LogP contribution < -0.4 is 10.9 Å². The lowest BCUT2D eigenvalue weighted by Gasteiger charge is -2.16. The average Bonchev–Trinajstić information content (AvgIpc) is 2.66. The maximum Gasteiger partial charge on any atom is 0.262 e. The van der Waals surface area contributed by atoms with Gasteiger partial charge in [0.2, 0.25) is 5.91 Å². The van der Waals surface area contributed by atoms with Crippen LogP contribution in [0.1, 0.15) is 20.3 Å². The van der Waals surface area contributed by atoms with Crippen molar-refractivity contribution >= 4 is 45.9 Å². The summed E-state index contributed by atoms with van der Waals surface area (Å²) >= 11 is 7.18. The fraction of sp³-hybridized carbons (Fsp3) is 0.250. The average molecular weight is 420 g/mol. The highest BCUT2D eigenvalue weighted by Crippen LogP contribution is 2.25. The van der Waals surface area contributed by atoms with E-state index in [1.165, 1.54) is 12.1 Å². The Morgan fingerprint density at radius 3 is 2.79 bits per heavy atom. The van der Waals surface area contributed by atoms with Gasteiger partial charge >= 0.3 is 0 Å². The summed E-state index contributed by atoms with van der Waals surface area (Å²) in [5.41, 5.74) is 0.422. The van der Waals surface area contributed by atoms with Gasteiger partial charge in [0, 0.05) is 11.6 Å². The first-order valence-corrected chi connectivity index (χ1v) is 10.1. The molecule has 5 nitrogen and oxygen atoms in total. The number of benzene rings is 2. The van der Waals surface area contributed by atoms with Gasteiger partial charge in [-0.05, 0) is 43.7 Å². The monoisotopic (exact) mass is 419 g/mol. The molecule has 0 saturated carbocycles. The van der Waals surface area contributed by atoms with E-state index in [1.807, 2.05) is 6.92 Å². The lowest BCUT2D eigenvalue weighted by atomic mass is 10.2. The van der Waals surface area contributed by atoms with Crippen molar-refractivity contribution in [2.75, 3.05) is 5.32 Å². The van der Waals surface area contributed by atoms with Gasteiger partial charge in [0.15, 0.2) is 5.16 Å². The van der Waals surface area contributed by atoms with Crippen molar-refractivity contribution in [3.8, 4) is 0 Å². The molecule has 0 aliphatic heterocycles. The van der Waals surface area contributed by atoms with Crippen LogP contribution in [0.25, 0.3) is 10.9 Å². The molecule has 0 saturated heterocycles. The van der Waals surface area contributed by atoms with Gasteiger partial charge in [-0.25, -0.2) is 9.37 Å². The molecule has 1 N–H and O–H groups in total. The van der Waals surface area contributed by atoms with Gasteiger partial charge in [-0.2, -0.15) is 0 Å². The number of carbonyl (C=O) groups is 1. The summed E-state index contributed by atoms with van der Waals surface area (Å²) in [6.07, 6.45) is 0.740. The van der Waals surface area contributed by atoms with Gasteiger partial charge in [-0.15, -0.1) is 0 Å². The van der Waals surface area contributed by atoms with Crippen LogP contribution in [0.4, 0.5) is 10.1 Å². The molecule has 1 heterocycles. The van der Waals surface area contributed by atoms with Crippen molar-refractivity contribution in [3.63, 3.8) is 0 Å². The molecule has 28 heavy (non-hydrogen) atoms. The molecule has 1 aromatic heterocycles. The highest BCUT2D eigenvalue weighted by atomic mass is 35.5. The van der Waals surface area contributed by atoms with Gasteiger partial charge in [0.25, 0.3) is 5.56 Å². The zero-order chi connectivity index (χ0) is 20.3. The van der Waals surface area contributed by atoms with E-state index in [9.17, 15) is 14.0 Å². The van der Waals surface area contributed by atoms with Gasteiger partial charge in [-0.1, -0.05) is 42.4 Å². The molecule has 0 unspecified atom stereocenters. The molecule has 0 radical (unpaired) electrons. The lowest BCUT2D eigenvalue weighted by Crippen LogP contribution is -2.27. The molecule has 0 aliphatic carbocycles. The zero-order valence-corrected chi connectivity index (χ0v) is 17.0. The Morgan fingerprint density at radius 1 is 1.32 bits per heavy atom.